The summed E-state index contributed by atoms with van der Waals surface area (Å²) in [5.74, 6) is -0.326. The molecule has 0 aromatic heterocycles. The minimum absolute atomic E-state index is 0.0569. The van der Waals surface area contributed by atoms with Crippen LogP contribution in [0.2, 0.25) is 0 Å². The first-order chi connectivity index (χ1) is 9.20. The highest BCUT2D eigenvalue weighted by Crippen LogP contribution is 2.18. The second-order valence-corrected chi connectivity index (χ2v) is 4.18. The molecule has 1 aromatic carbocycles. The molecule has 0 unspecified atom stereocenters. The van der Waals surface area contributed by atoms with E-state index in [1.54, 1.807) is 11.9 Å². The third-order valence-corrected chi connectivity index (χ3v) is 3.07. The van der Waals surface area contributed by atoms with Crippen molar-refractivity contribution in [2.24, 2.45) is 0 Å². The number of carbonyl (C=O) groups is 2. The summed E-state index contributed by atoms with van der Waals surface area (Å²) >= 11 is 0. The Hall–Kier alpha value is -1.84. The van der Waals surface area contributed by atoms with E-state index in [-0.39, 0.29) is 18.2 Å². The minimum Gasteiger partial charge on any atom is -0.359 e. The van der Waals surface area contributed by atoms with E-state index in [0.717, 1.165) is 6.42 Å². The quantitative estimate of drug-likeness (QED) is 0.825. The molecule has 0 radical (unpaired) electrons. The zero-order valence-electron chi connectivity index (χ0n) is 11.9. The number of hydrogen-bond acceptors (Lipinski definition) is 2. The largest absolute Gasteiger partial charge is 0.359 e. The van der Waals surface area contributed by atoms with Gasteiger partial charge in [0, 0.05) is 20.1 Å². The maximum atomic E-state index is 11.8. The fourth-order valence-corrected chi connectivity index (χ4v) is 2.05. The van der Waals surface area contributed by atoms with Gasteiger partial charge >= 0.3 is 0 Å². The van der Waals surface area contributed by atoms with Crippen LogP contribution in [0.4, 0.5) is 0 Å². The number of benzene rings is 1. The number of nitrogens with one attached hydrogen (secondary N) is 1. The zero-order chi connectivity index (χ0) is 14.3. The van der Waals surface area contributed by atoms with Gasteiger partial charge in [-0.2, -0.15) is 0 Å². The van der Waals surface area contributed by atoms with Gasteiger partial charge in [0.05, 0.1) is 0 Å². The van der Waals surface area contributed by atoms with Gasteiger partial charge in [-0.25, -0.2) is 0 Å². The molecule has 1 aliphatic heterocycles. The molecule has 0 spiro atoms. The van der Waals surface area contributed by atoms with Crippen molar-refractivity contribution in [3.8, 4) is 0 Å². The van der Waals surface area contributed by atoms with Crippen molar-refractivity contribution in [1.29, 1.82) is 0 Å². The minimum atomic E-state index is -0.228. The summed E-state index contributed by atoms with van der Waals surface area (Å²) in [4.78, 5) is 24.7. The number of hydrogen-bond donors (Lipinski definition) is 1. The molecule has 1 heterocycles. The lowest BCUT2D eigenvalue weighted by molar-refractivity contribution is -0.136. The lowest BCUT2D eigenvalue weighted by atomic mass is 10.00. The fourth-order valence-electron chi connectivity index (χ4n) is 2.05. The molecule has 1 aromatic rings. The third kappa shape index (κ3) is 4.09. The lowest BCUT2D eigenvalue weighted by Gasteiger charge is -2.28. The van der Waals surface area contributed by atoms with Gasteiger partial charge in [-0.1, -0.05) is 38.1 Å². The SMILES string of the molecule is CC.CNC(=O)CC(=O)N1CCc2ccccc2C1. The highest BCUT2D eigenvalue weighted by atomic mass is 16.2. The van der Waals surface area contributed by atoms with Crippen molar-refractivity contribution in [3.63, 3.8) is 0 Å². The van der Waals surface area contributed by atoms with Gasteiger partial charge in [0.25, 0.3) is 0 Å². The monoisotopic (exact) mass is 262 g/mol. The Bertz CT molecular complexity index is 444. The number of amides is 2. The first-order valence-electron chi connectivity index (χ1n) is 6.76. The molecule has 0 saturated carbocycles. The zero-order valence-corrected chi connectivity index (χ0v) is 11.9. The summed E-state index contributed by atoms with van der Waals surface area (Å²) in [5.41, 5.74) is 2.49. The standard InChI is InChI=1S/C13H16N2O2.C2H6/c1-14-12(16)8-13(17)15-7-6-10-4-2-3-5-11(10)9-15;1-2/h2-5H,6-9H2,1H3,(H,14,16);1-2H3. The number of rotatable bonds is 2. The number of nitrogens with zero attached hydrogens (tertiary/aromatic N) is 1. The Balaban J connectivity index is 0.000000861. The molecule has 4 nitrogen and oxygen atoms in total. The third-order valence-electron chi connectivity index (χ3n) is 3.07. The van der Waals surface area contributed by atoms with Crippen LogP contribution in [-0.2, 0) is 22.6 Å². The highest BCUT2D eigenvalue weighted by molar-refractivity contribution is 5.96. The Morgan fingerprint density at radius 2 is 1.84 bits per heavy atom. The molecule has 0 fully saturated rings. The van der Waals surface area contributed by atoms with Gasteiger partial charge in [0.15, 0.2) is 0 Å². The average Bonchev–Trinajstić information content (AvgIpc) is 2.48. The number of carbonyl (C=O) groups excluding carboxylic acids is 2. The Morgan fingerprint density at radius 1 is 1.21 bits per heavy atom. The van der Waals surface area contributed by atoms with Crippen molar-refractivity contribution in [2.45, 2.75) is 33.2 Å². The van der Waals surface area contributed by atoms with E-state index < -0.39 is 0 Å². The molecular weight excluding hydrogens is 240 g/mol. The van der Waals surface area contributed by atoms with E-state index in [1.165, 1.54) is 11.1 Å². The predicted octanol–water partition coefficient (Wildman–Crippen LogP) is 1.73. The maximum Gasteiger partial charge on any atom is 0.232 e. The van der Waals surface area contributed by atoms with E-state index in [2.05, 4.69) is 11.4 Å². The Labute approximate surface area is 114 Å². The topological polar surface area (TPSA) is 49.4 Å². The number of fused-ring (bicyclic) bond motifs is 1. The summed E-state index contributed by atoms with van der Waals surface area (Å²) < 4.78 is 0. The summed E-state index contributed by atoms with van der Waals surface area (Å²) in [5, 5.41) is 2.47. The normalized spacial score (nSPS) is 12.9. The van der Waals surface area contributed by atoms with E-state index in [9.17, 15) is 9.59 Å². The molecule has 0 bridgehead atoms. The van der Waals surface area contributed by atoms with Crippen LogP contribution in [0.3, 0.4) is 0 Å². The molecule has 1 aliphatic rings. The summed E-state index contributed by atoms with van der Waals surface area (Å²) in [6.45, 7) is 5.32. The van der Waals surface area contributed by atoms with E-state index >= 15 is 0 Å². The van der Waals surface area contributed by atoms with Gasteiger partial charge in [0.1, 0.15) is 6.42 Å². The molecule has 2 amide bonds. The average molecular weight is 262 g/mol. The Morgan fingerprint density at radius 3 is 2.47 bits per heavy atom. The summed E-state index contributed by atoms with van der Waals surface area (Å²) in [6.07, 6.45) is 0.814. The lowest BCUT2D eigenvalue weighted by Crippen LogP contribution is -2.38. The van der Waals surface area contributed by atoms with Crippen molar-refractivity contribution in [3.05, 3.63) is 35.4 Å². The van der Waals surface area contributed by atoms with E-state index in [1.807, 2.05) is 32.0 Å². The van der Waals surface area contributed by atoms with Gasteiger partial charge in [0.2, 0.25) is 11.8 Å². The molecule has 0 aliphatic carbocycles. The maximum absolute atomic E-state index is 11.8. The molecule has 104 valence electrons. The summed E-state index contributed by atoms with van der Waals surface area (Å²) in [6, 6.07) is 8.12. The molecule has 0 atom stereocenters. The predicted molar refractivity (Wildman–Crippen MR) is 75.6 cm³/mol. The van der Waals surface area contributed by atoms with Gasteiger partial charge < -0.3 is 10.2 Å². The molecule has 0 saturated heterocycles. The molecule has 1 N–H and O–H groups in total. The van der Waals surface area contributed by atoms with Crippen LogP contribution in [0.15, 0.2) is 24.3 Å². The molecule has 4 heteroatoms. The van der Waals surface area contributed by atoms with Crippen molar-refractivity contribution in [1.82, 2.24) is 10.2 Å². The highest BCUT2D eigenvalue weighted by Gasteiger charge is 2.21. The molecule has 19 heavy (non-hydrogen) atoms. The first-order valence-corrected chi connectivity index (χ1v) is 6.76. The van der Waals surface area contributed by atoms with Crippen LogP contribution in [0.1, 0.15) is 31.4 Å². The first kappa shape index (κ1) is 15.2. The van der Waals surface area contributed by atoms with Crippen molar-refractivity contribution in [2.75, 3.05) is 13.6 Å². The van der Waals surface area contributed by atoms with Crippen LogP contribution in [-0.4, -0.2) is 30.3 Å². The van der Waals surface area contributed by atoms with Gasteiger partial charge in [-0.15, -0.1) is 0 Å². The van der Waals surface area contributed by atoms with Crippen LogP contribution >= 0.6 is 0 Å². The second-order valence-electron chi connectivity index (χ2n) is 4.18. The van der Waals surface area contributed by atoms with Crippen LogP contribution in [0.5, 0.6) is 0 Å². The Kier molecular flexibility index (Phi) is 6.06. The summed E-state index contributed by atoms with van der Waals surface area (Å²) in [7, 11) is 1.54. The van der Waals surface area contributed by atoms with Crippen molar-refractivity contribution < 1.29 is 9.59 Å². The smallest absolute Gasteiger partial charge is 0.232 e. The molecular formula is C15H22N2O2. The van der Waals surface area contributed by atoms with Gasteiger partial charge in [-0.05, 0) is 17.5 Å². The van der Waals surface area contributed by atoms with Crippen LogP contribution < -0.4 is 5.32 Å². The fraction of sp³-hybridized carbons (Fsp3) is 0.467. The van der Waals surface area contributed by atoms with Crippen LogP contribution in [0.25, 0.3) is 0 Å². The second kappa shape index (κ2) is 7.56. The van der Waals surface area contributed by atoms with Gasteiger partial charge in [-0.3, -0.25) is 9.59 Å². The van der Waals surface area contributed by atoms with E-state index in [4.69, 9.17) is 0 Å². The molecule has 2 rings (SSSR count). The van der Waals surface area contributed by atoms with Crippen LogP contribution in [0, 0.1) is 0 Å². The van der Waals surface area contributed by atoms with E-state index in [0.29, 0.717) is 13.1 Å². The van der Waals surface area contributed by atoms with Crippen molar-refractivity contribution >= 4 is 11.8 Å².